The van der Waals surface area contributed by atoms with E-state index in [1.807, 2.05) is 0 Å². The van der Waals surface area contributed by atoms with Crippen LogP contribution in [0.4, 0.5) is 0 Å². The van der Waals surface area contributed by atoms with Gasteiger partial charge in [-0.15, -0.1) is 0 Å². The Labute approximate surface area is 247 Å². The van der Waals surface area contributed by atoms with Crippen molar-refractivity contribution in [3.8, 4) is 0 Å². The van der Waals surface area contributed by atoms with Crippen molar-refractivity contribution in [1.29, 1.82) is 0 Å². The molecule has 0 aliphatic heterocycles. The molecule has 1 heteroatoms. The van der Waals surface area contributed by atoms with Gasteiger partial charge in [0, 0.05) is 0 Å². The molecule has 0 saturated heterocycles. The van der Waals surface area contributed by atoms with Gasteiger partial charge >= 0.3 is 0 Å². The first kappa shape index (κ1) is 31.3. The lowest BCUT2D eigenvalue weighted by Crippen LogP contribution is -2.42. The first-order valence-corrected chi connectivity index (χ1v) is 17.5. The van der Waals surface area contributed by atoms with Gasteiger partial charge in [0.1, 0.15) is 0 Å². The van der Waals surface area contributed by atoms with Crippen LogP contribution in [0.2, 0.25) is 0 Å². The number of rotatable bonds is 4. The minimum absolute atomic E-state index is 0.343. The number of aliphatic hydroxyl groups is 1. The first-order chi connectivity index (χ1) is 19.8. The molecule has 0 heterocycles. The van der Waals surface area contributed by atoms with E-state index in [2.05, 4.69) is 66.8 Å². The fraction of sp³-hybridized carbons (Fsp3) is 0.692. The molecule has 0 aromatic carbocycles. The molecule has 4 atom stereocenters. The summed E-state index contributed by atoms with van der Waals surface area (Å²) >= 11 is 0. The Morgan fingerprint density at radius 3 is 1.57 bits per heavy atom. The average Bonchev–Trinajstić information content (AvgIpc) is 3.70. The Morgan fingerprint density at radius 2 is 0.950 bits per heavy atom. The zero-order chi connectivity index (χ0) is 27.7. The molecule has 4 aliphatic carbocycles. The highest BCUT2D eigenvalue weighted by atomic mass is 16.3. The number of allylic oxidation sites excluding steroid dienone is 10. The summed E-state index contributed by atoms with van der Waals surface area (Å²) in [6.07, 6.45) is 52.8. The smallest absolute Gasteiger partial charge is 0.0927 e. The molecule has 4 unspecified atom stereocenters. The maximum atomic E-state index is 13.1. The van der Waals surface area contributed by atoms with E-state index in [1.165, 1.54) is 135 Å². The van der Waals surface area contributed by atoms with Gasteiger partial charge in [0.05, 0.1) is 5.60 Å². The summed E-state index contributed by atoms with van der Waals surface area (Å²) in [6, 6.07) is 0. The predicted octanol–water partition coefficient (Wildman–Crippen LogP) is 11.5. The molecule has 0 spiro atoms. The Morgan fingerprint density at radius 1 is 0.500 bits per heavy atom. The monoisotopic (exact) mass is 544 g/mol. The molecule has 3 fully saturated rings. The van der Waals surface area contributed by atoms with Crippen molar-refractivity contribution in [2.24, 2.45) is 23.7 Å². The van der Waals surface area contributed by atoms with Gasteiger partial charge in [-0.2, -0.15) is 0 Å². The van der Waals surface area contributed by atoms with Crippen molar-refractivity contribution in [3.05, 3.63) is 72.4 Å². The van der Waals surface area contributed by atoms with Crippen molar-refractivity contribution in [1.82, 2.24) is 0 Å². The van der Waals surface area contributed by atoms with E-state index >= 15 is 0 Å². The second-order valence-electron chi connectivity index (χ2n) is 13.6. The molecule has 4 aliphatic rings. The van der Waals surface area contributed by atoms with Crippen molar-refractivity contribution in [2.75, 3.05) is 0 Å². The Bertz CT molecular complexity index is 870. The van der Waals surface area contributed by atoms with E-state index in [1.54, 1.807) is 0 Å². The van der Waals surface area contributed by atoms with Crippen LogP contribution in [0.15, 0.2) is 72.4 Å². The van der Waals surface area contributed by atoms with Crippen molar-refractivity contribution in [3.63, 3.8) is 0 Å². The van der Waals surface area contributed by atoms with Crippen LogP contribution in [0.1, 0.15) is 141 Å². The third-order valence-electron chi connectivity index (χ3n) is 10.5. The summed E-state index contributed by atoms with van der Waals surface area (Å²) in [5.74, 6) is 3.04. The Kier molecular flexibility index (Phi) is 14.1. The van der Waals surface area contributed by atoms with E-state index in [-0.39, 0.29) is 0 Å². The fourth-order valence-corrected chi connectivity index (χ4v) is 7.94. The Balaban J connectivity index is 1.58. The summed E-state index contributed by atoms with van der Waals surface area (Å²) in [5.41, 5.74) is 0.378. The highest BCUT2D eigenvalue weighted by Gasteiger charge is 2.41. The van der Waals surface area contributed by atoms with Gasteiger partial charge in [0.15, 0.2) is 0 Å². The lowest BCUT2D eigenvalue weighted by atomic mass is 9.69. The van der Waals surface area contributed by atoms with Crippen molar-refractivity contribution >= 4 is 0 Å². The van der Waals surface area contributed by atoms with Gasteiger partial charge in [-0.1, -0.05) is 182 Å². The van der Waals surface area contributed by atoms with E-state index in [0.29, 0.717) is 11.8 Å². The van der Waals surface area contributed by atoms with Crippen LogP contribution in [-0.2, 0) is 0 Å². The van der Waals surface area contributed by atoms with Crippen LogP contribution in [0.5, 0.6) is 0 Å². The quantitative estimate of drug-likeness (QED) is 0.373. The van der Waals surface area contributed by atoms with Gasteiger partial charge in [-0.05, 0) is 54.9 Å². The van der Waals surface area contributed by atoms with Gasteiger partial charge < -0.3 is 5.11 Å². The average molecular weight is 545 g/mol. The molecule has 0 amide bonds. The number of hydrogen-bond acceptors (Lipinski definition) is 1. The van der Waals surface area contributed by atoms with Crippen LogP contribution in [-0.4, -0.2) is 10.7 Å². The summed E-state index contributed by atoms with van der Waals surface area (Å²) in [6.45, 7) is 0. The highest BCUT2D eigenvalue weighted by molar-refractivity contribution is 5.36. The molecule has 0 radical (unpaired) electrons. The summed E-state index contributed by atoms with van der Waals surface area (Å²) < 4.78 is 0. The third kappa shape index (κ3) is 11.0. The lowest BCUT2D eigenvalue weighted by molar-refractivity contribution is -0.0143. The van der Waals surface area contributed by atoms with Crippen LogP contribution in [0, 0.1) is 23.7 Å². The zero-order valence-electron chi connectivity index (χ0n) is 25.7. The molecular formula is C39H60O. The molecule has 3 saturated carbocycles. The summed E-state index contributed by atoms with van der Waals surface area (Å²) in [7, 11) is 0. The van der Waals surface area contributed by atoms with Gasteiger partial charge in [-0.25, -0.2) is 0 Å². The topological polar surface area (TPSA) is 20.2 Å². The number of hydrogen-bond donors (Lipinski definition) is 1. The largest absolute Gasteiger partial charge is 0.385 e. The molecule has 40 heavy (non-hydrogen) atoms. The second kappa shape index (κ2) is 18.0. The molecule has 4 rings (SSSR count). The molecule has 0 aromatic rings. The molecule has 0 aromatic heterocycles. The van der Waals surface area contributed by atoms with Gasteiger partial charge in [0.25, 0.3) is 0 Å². The van der Waals surface area contributed by atoms with Crippen molar-refractivity contribution in [2.45, 2.75) is 147 Å². The fourth-order valence-electron chi connectivity index (χ4n) is 7.94. The van der Waals surface area contributed by atoms with Crippen molar-refractivity contribution < 1.29 is 5.11 Å². The SMILES string of the molecule is OC(CC1CCCCC2CC2CCC1)(C1=CC=CC=CC=CC=CC=C1)C1CCCCCCCCCCCCC1. The third-order valence-corrected chi connectivity index (χ3v) is 10.5. The van der Waals surface area contributed by atoms with E-state index in [9.17, 15) is 5.11 Å². The maximum Gasteiger partial charge on any atom is 0.0927 e. The van der Waals surface area contributed by atoms with Crippen LogP contribution in [0.3, 0.4) is 0 Å². The standard InChI is InChI=1S/C39H60O/c40-39(38-30-19-15-11-7-4-8-12-16-20-31-38,33-34-24-21-22-26-35-32-36(35)27-23-25-34)37-28-17-13-9-5-2-1-3-6-10-14-18-29-37/h4,7-8,11-12,15-16,19-20,30-31,34-37,40H,1-3,5-6,9-10,13-14,17-18,21-29,32-33H2. The highest BCUT2D eigenvalue weighted by Crippen LogP contribution is 2.48. The molecule has 1 N–H and O–H groups in total. The molecule has 0 bridgehead atoms. The normalized spacial score (nSPS) is 30.1. The van der Waals surface area contributed by atoms with E-state index in [0.717, 1.165) is 23.8 Å². The molecule has 222 valence electrons. The Hall–Kier alpha value is -1.60. The van der Waals surface area contributed by atoms with E-state index < -0.39 is 5.60 Å². The number of fused-ring (bicyclic) bond motifs is 1. The van der Waals surface area contributed by atoms with E-state index in [4.69, 9.17) is 0 Å². The minimum Gasteiger partial charge on any atom is -0.385 e. The zero-order valence-corrected chi connectivity index (χ0v) is 25.7. The van der Waals surface area contributed by atoms with Crippen LogP contribution >= 0.6 is 0 Å². The molecular weight excluding hydrogens is 484 g/mol. The van der Waals surface area contributed by atoms with Gasteiger partial charge in [-0.3, -0.25) is 0 Å². The van der Waals surface area contributed by atoms with Crippen LogP contribution < -0.4 is 0 Å². The minimum atomic E-state index is -0.758. The van der Waals surface area contributed by atoms with Crippen LogP contribution in [0.25, 0.3) is 0 Å². The summed E-state index contributed by atoms with van der Waals surface area (Å²) in [5, 5.41) is 13.1. The maximum absolute atomic E-state index is 13.1. The predicted molar refractivity (Wildman–Crippen MR) is 174 cm³/mol. The summed E-state index contributed by atoms with van der Waals surface area (Å²) in [4.78, 5) is 0. The molecule has 1 nitrogen and oxygen atoms in total. The van der Waals surface area contributed by atoms with Gasteiger partial charge in [0.2, 0.25) is 0 Å². The first-order valence-electron chi connectivity index (χ1n) is 17.5. The second-order valence-corrected chi connectivity index (χ2v) is 13.6. The lowest BCUT2D eigenvalue weighted by Gasteiger charge is -2.41.